The first kappa shape index (κ1) is 21.8. The number of carbonyl (C=O) groups is 2. The molecular weight excluding hydrogens is 418 g/mol. The molecule has 0 saturated carbocycles. The Hall–Kier alpha value is -4.39. The van der Waals surface area contributed by atoms with Gasteiger partial charge in [0.05, 0.1) is 12.8 Å². The molecular formula is C26H23N3O4. The third-order valence-electron chi connectivity index (χ3n) is 5.35. The van der Waals surface area contributed by atoms with E-state index < -0.39 is 6.04 Å². The number of oxime groups is 1. The first-order valence-electron chi connectivity index (χ1n) is 10.4. The number of Topliss-reactive ketones (excluding diaryl/α,β-unsaturated/α-hetero) is 1. The predicted octanol–water partition coefficient (Wildman–Crippen LogP) is 3.79. The lowest BCUT2D eigenvalue weighted by Crippen LogP contribution is -2.44. The normalized spacial score (nSPS) is 14.8. The lowest BCUT2D eigenvalue weighted by atomic mass is 9.91. The van der Waals surface area contributed by atoms with Crippen LogP contribution in [0.25, 0.3) is 0 Å². The van der Waals surface area contributed by atoms with Gasteiger partial charge in [0.2, 0.25) is 11.7 Å². The monoisotopic (exact) mass is 441 g/mol. The summed E-state index contributed by atoms with van der Waals surface area (Å²) in [4.78, 5) is 26.4. The second-order valence-electron chi connectivity index (χ2n) is 7.53. The van der Waals surface area contributed by atoms with Crippen molar-refractivity contribution in [3.05, 3.63) is 107 Å². The van der Waals surface area contributed by atoms with E-state index in [1.165, 1.54) is 6.08 Å². The van der Waals surface area contributed by atoms with Gasteiger partial charge in [-0.3, -0.25) is 9.59 Å². The van der Waals surface area contributed by atoms with E-state index in [2.05, 4.69) is 15.8 Å². The number of benzene rings is 3. The summed E-state index contributed by atoms with van der Waals surface area (Å²) in [7, 11) is 1.56. The van der Waals surface area contributed by atoms with Crippen molar-refractivity contribution in [3.63, 3.8) is 0 Å². The number of hydrogen-bond donors (Lipinski definition) is 3. The number of methoxy groups -OCH3 is 1. The minimum atomic E-state index is -0.765. The first-order valence-corrected chi connectivity index (χ1v) is 10.4. The van der Waals surface area contributed by atoms with Crippen molar-refractivity contribution in [3.8, 4) is 5.75 Å². The number of amides is 1. The van der Waals surface area contributed by atoms with Gasteiger partial charge in [-0.05, 0) is 23.8 Å². The number of hydrogen-bond acceptors (Lipinski definition) is 6. The van der Waals surface area contributed by atoms with Gasteiger partial charge in [-0.25, -0.2) is 0 Å². The van der Waals surface area contributed by atoms with E-state index in [4.69, 9.17) is 4.74 Å². The van der Waals surface area contributed by atoms with Gasteiger partial charge < -0.3 is 20.6 Å². The zero-order valence-corrected chi connectivity index (χ0v) is 18.0. The molecule has 7 nitrogen and oxygen atoms in total. The summed E-state index contributed by atoms with van der Waals surface area (Å²) < 4.78 is 5.23. The maximum Gasteiger partial charge on any atom is 0.247 e. The summed E-state index contributed by atoms with van der Waals surface area (Å²) in [5, 5.41) is 18.8. The van der Waals surface area contributed by atoms with E-state index in [0.29, 0.717) is 29.0 Å². The Morgan fingerprint density at radius 2 is 1.73 bits per heavy atom. The fourth-order valence-corrected chi connectivity index (χ4v) is 3.70. The Bertz CT molecular complexity index is 1240. The van der Waals surface area contributed by atoms with Crippen LogP contribution in [0.15, 0.2) is 95.8 Å². The summed E-state index contributed by atoms with van der Waals surface area (Å²) in [5.74, 6) is 0.0262. The molecule has 0 aromatic heterocycles. The van der Waals surface area contributed by atoms with E-state index >= 15 is 0 Å². The molecule has 0 radical (unpaired) electrons. The topological polar surface area (TPSA) is 100 Å². The van der Waals surface area contributed by atoms with Crippen LogP contribution in [0, 0.1) is 0 Å². The van der Waals surface area contributed by atoms with Gasteiger partial charge in [0, 0.05) is 29.3 Å². The van der Waals surface area contributed by atoms with Gasteiger partial charge in [-0.15, -0.1) is 0 Å². The molecule has 1 aliphatic carbocycles. The molecule has 3 aromatic carbocycles. The van der Waals surface area contributed by atoms with Crippen LogP contribution in [0.1, 0.15) is 21.5 Å². The lowest BCUT2D eigenvalue weighted by molar-refractivity contribution is -0.117. The zero-order chi connectivity index (χ0) is 23.2. The molecule has 0 bridgehead atoms. The van der Waals surface area contributed by atoms with Crippen LogP contribution in [0.4, 0.5) is 5.69 Å². The molecule has 0 fully saturated rings. The maximum atomic E-state index is 13.3. The molecule has 0 heterocycles. The minimum Gasteiger partial charge on any atom is -0.497 e. The number of fused-ring (bicyclic) bond motifs is 1. The van der Waals surface area contributed by atoms with Crippen LogP contribution in [0.2, 0.25) is 0 Å². The average molecular weight is 441 g/mol. The molecule has 0 spiro atoms. The van der Waals surface area contributed by atoms with Gasteiger partial charge in [-0.1, -0.05) is 65.8 Å². The number of nitrogens with zero attached hydrogens (tertiary/aromatic N) is 1. The quantitative estimate of drug-likeness (QED) is 0.383. The summed E-state index contributed by atoms with van der Waals surface area (Å²) in [6.45, 7) is 0. The maximum absolute atomic E-state index is 13.3. The standard InChI is InChI=1S/C26H23N3O4/c1-33-19-11-7-10-18(15-19)27-26(31)24(14-17-8-3-2-4-9-17)28-23-16-22(29-32)20-12-5-6-13-21(20)25(23)30/h2-13,15-16,24,28,32H,14H2,1H3,(H,27,31)/t24-/m1/s1. The lowest BCUT2D eigenvalue weighted by Gasteiger charge is -2.24. The Morgan fingerprint density at radius 3 is 2.45 bits per heavy atom. The molecule has 33 heavy (non-hydrogen) atoms. The number of ketones is 1. The highest BCUT2D eigenvalue weighted by Gasteiger charge is 2.28. The number of rotatable bonds is 7. The van der Waals surface area contributed by atoms with Gasteiger partial charge in [0.25, 0.3) is 0 Å². The third-order valence-corrected chi connectivity index (χ3v) is 5.35. The van der Waals surface area contributed by atoms with Crippen molar-refractivity contribution in [2.45, 2.75) is 12.5 Å². The van der Waals surface area contributed by atoms with Crippen LogP contribution in [-0.2, 0) is 11.2 Å². The summed E-state index contributed by atoms with van der Waals surface area (Å²) >= 11 is 0. The number of anilines is 1. The minimum absolute atomic E-state index is 0.184. The van der Waals surface area contributed by atoms with Gasteiger partial charge in [0.15, 0.2) is 0 Å². The van der Waals surface area contributed by atoms with Crippen molar-refractivity contribution in [1.82, 2.24) is 5.32 Å². The van der Waals surface area contributed by atoms with E-state index in [0.717, 1.165) is 5.56 Å². The van der Waals surface area contributed by atoms with Crippen molar-refractivity contribution >= 4 is 23.1 Å². The van der Waals surface area contributed by atoms with Crippen molar-refractivity contribution in [2.75, 3.05) is 12.4 Å². The molecule has 0 saturated heterocycles. The van der Waals surface area contributed by atoms with Gasteiger partial charge in [-0.2, -0.15) is 0 Å². The zero-order valence-electron chi connectivity index (χ0n) is 18.0. The molecule has 166 valence electrons. The van der Waals surface area contributed by atoms with Crippen molar-refractivity contribution < 1.29 is 19.5 Å². The highest BCUT2D eigenvalue weighted by atomic mass is 16.5. The van der Waals surface area contributed by atoms with Crippen LogP contribution in [0.3, 0.4) is 0 Å². The second-order valence-corrected chi connectivity index (χ2v) is 7.53. The fraction of sp³-hybridized carbons (Fsp3) is 0.115. The number of nitrogens with one attached hydrogen (secondary N) is 2. The smallest absolute Gasteiger partial charge is 0.247 e. The van der Waals surface area contributed by atoms with E-state index in [9.17, 15) is 14.8 Å². The van der Waals surface area contributed by atoms with Crippen molar-refractivity contribution in [2.24, 2.45) is 5.16 Å². The number of carbonyl (C=O) groups excluding carboxylic acids is 2. The predicted molar refractivity (Wildman–Crippen MR) is 126 cm³/mol. The molecule has 0 aliphatic heterocycles. The molecule has 1 aliphatic rings. The molecule has 1 amide bonds. The summed E-state index contributed by atoms with van der Waals surface area (Å²) in [6.07, 6.45) is 1.80. The summed E-state index contributed by atoms with van der Waals surface area (Å²) in [5.41, 5.74) is 2.88. The van der Waals surface area contributed by atoms with Crippen LogP contribution >= 0.6 is 0 Å². The van der Waals surface area contributed by atoms with Crippen LogP contribution < -0.4 is 15.4 Å². The van der Waals surface area contributed by atoms with E-state index in [1.54, 1.807) is 55.6 Å². The first-order chi connectivity index (χ1) is 16.1. The van der Waals surface area contributed by atoms with E-state index in [1.807, 2.05) is 30.3 Å². The average Bonchev–Trinajstić information content (AvgIpc) is 2.86. The molecule has 4 rings (SSSR count). The Morgan fingerprint density at radius 1 is 1.00 bits per heavy atom. The summed E-state index contributed by atoms with van der Waals surface area (Å²) in [6, 6.07) is 22.7. The molecule has 3 aromatic rings. The molecule has 7 heteroatoms. The Labute approximate surface area is 191 Å². The van der Waals surface area contributed by atoms with Gasteiger partial charge >= 0.3 is 0 Å². The van der Waals surface area contributed by atoms with Crippen LogP contribution in [-0.4, -0.2) is 35.8 Å². The SMILES string of the molecule is COc1cccc(NC(=O)[C@@H](Cc2ccccc2)NC2=CC(=NO)c3ccccc3C2=O)c1. The van der Waals surface area contributed by atoms with Crippen molar-refractivity contribution in [1.29, 1.82) is 0 Å². The highest BCUT2D eigenvalue weighted by molar-refractivity contribution is 6.26. The number of allylic oxidation sites excluding steroid dienone is 2. The Balaban J connectivity index is 1.63. The second kappa shape index (κ2) is 9.82. The van der Waals surface area contributed by atoms with Crippen LogP contribution in [0.5, 0.6) is 5.75 Å². The Kier molecular flexibility index (Phi) is 6.50. The molecule has 0 unspecified atom stereocenters. The molecule has 3 N–H and O–H groups in total. The number of ether oxygens (including phenoxy) is 1. The highest BCUT2D eigenvalue weighted by Crippen LogP contribution is 2.22. The third kappa shape index (κ3) is 4.93. The van der Waals surface area contributed by atoms with Gasteiger partial charge in [0.1, 0.15) is 17.5 Å². The largest absolute Gasteiger partial charge is 0.497 e. The molecule has 1 atom stereocenters. The van der Waals surface area contributed by atoms with E-state index in [-0.39, 0.29) is 23.1 Å². The fourth-order valence-electron chi connectivity index (χ4n) is 3.70.